The fraction of sp³-hybridized carbons (Fsp3) is 0.235. The van der Waals surface area contributed by atoms with Gasteiger partial charge in [0.1, 0.15) is 12.4 Å². The molecule has 3 aromatic rings. The maximum absolute atomic E-state index is 14.0. The normalized spacial score (nSPS) is 10.9. The highest BCUT2D eigenvalue weighted by Crippen LogP contribution is 2.27. The molecule has 0 fully saturated rings. The third-order valence-corrected chi connectivity index (χ3v) is 3.35. The molecule has 6 nitrogen and oxygen atoms in total. The van der Waals surface area contributed by atoms with Crippen LogP contribution >= 0.6 is 0 Å². The Bertz CT molecular complexity index is 857. The van der Waals surface area contributed by atoms with Gasteiger partial charge < -0.3 is 15.2 Å². The number of nitrogens with zero attached hydrogens (tertiary/aromatic N) is 3. The van der Waals surface area contributed by atoms with E-state index in [1.807, 2.05) is 6.92 Å². The lowest BCUT2D eigenvalue weighted by Gasteiger charge is -2.10. The first kappa shape index (κ1) is 16.1. The Morgan fingerprint density at radius 3 is 2.67 bits per heavy atom. The van der Waals surface area contributed by atoms with Gasteiger partial charge in [-0.1, -0.05) is 12.1 Å². The molecule has 124 valence electrons. The van der Waals surface area contributed by atoms with Crippen LogP contribution in [0.3, 0.4) is 0 Å². The Morgan fingerprint density at radius 1 is 1.04 bits per heavy atom. The molecule has 2 heterocycles. The van der Waals surface area contributed by atoms with Crippen molar-refractivity contribution in [3.63, 3.8) is 0 Å². The fourth-order valence-electron chi connectivity index (χ4n) is 2.27. The predicted molar refractivity (Wildman–Crippen MR) is 89.1 cm³/mol. The van der Waals surface area contributed by atoms with Crippen molar-refractivity contribution in [1.82, 2.24) is 15.0 Å². The van der Waals surface area contributed by atoms with E-state index in [2.05, 4.69) is 15.0 Å². The van der Waals surface area contributed by atoms with Crippen molar-refractivity contribution < 1.29 is 13.9 Å². The van der Waals surface area contributed by atoms with Crippen LogP contribution in [0.4, 0.5) is 10.3 Å². The van der Waals surface area contributed by atoms with Crippen molar-refractivity contribution in [2.24, 2.45) is 0 Å². The molecule has 0 aliphatic heterocycles. The van der Waals surface area contributed by atoms with Gasteiger partial charge in [0.15, 0.2) is 5.52 Å². The molecular weight excluding hydrogens is 311 g/mol. The van der Waals surface area contributed by atoms with Crippen molar-refractivity contribution in [2.45, 2.75) is 6.92 Å². The van der Waals surface area contributed by atoms with E-state index in [0.717, 1.165) is 0 Å². The van der Waals surface area contributed by atoms with Crippen LogP contribution in [0.15, 0.2) is 36.4 Å². The van der Waals surface area contributed by atoms with Gasteiger partial charge in [0, 0.05) is 12.2 Å². The van der Waals surface area contributed by atoms with E-state index in [4.69, 9.17) is 15.2 Å². The summed E-state index contributed by atoms with van der Waals surface area (Å²) in [7, 11) is 0. The molecule has 0 unspecified atom stereocenters. The van der Waals surface area contributed by atoms with Crippen molar-refractivity contribution >= 4 is 17.0 Å². The molecular formula is C17H17FN4O2. The number of nitrogens with two attached hydrogens (primary N) is 1. The summed E-state index contributed by atoms with van der Waals surface area (Å²) in [6.07, 6.45) is 0. The maximum Gasteiger partial charge on any atom is 0.245 e. The number of benzene rings is 1. The average molecular weight is 328 g/mol. The Balaban J connectivity index is 2.01. The highest BCUT2D eigenvalue weighted by atomic mass is 19.1. The molecule has 2 aromatic heterocycles. The summed E-state index contributed by atoms with van der Waals surface area (Å²) in [4.78, 5) is 12.7. The van der Waals surface area contributed by atoms with Crippen LogP contribution in [0.1, 0.15) is 6.92 Å². The highest BCUT2D eigenvalue weighted by Gasteiger charge is 2.12. The Hall–Kier alpha value is -2.80. The van der Waals surface area contributed by atoms with Gasteiger partial charge in [-0.15, -0.1) is 0 Å². The number of nitrogen functional groups attached to an aromatic ring is 1. The topological polar surface area (TPSA) is 83.2 Å². The molecule has 0 saturated carbocycles. The molecule has 2 N–H and O–H groups in total. The molecule has 0 radical (unpaired) electrons. The lowest BCUT2D eigenvalue weighted by Crippen LogP contribution is -2.09. The van der Waals surface area contributed by atoms with Gasteiger partial charge in [-0.2, -0.15) is 4.98 Å². The van der Waals surface area contributed by atoms with Gasteiger partial charge in [0.25, 0.3) is 0 Å². The van der Waals surface area contributed by atoms with Crippen molar-refractivity contribution in [3.05, 3.63) is 42.2 Å². The molecule has 0 saturated heterocycles. The third-order valence-electron chi connectivity index (χ3n) is 3.35. The summed E-state index contributed by atoms with van der Waals surface area (Å²) in [5.74, 6) is 0.00396. The van der Waals surface area contributed by atoms with Crippen molar-refractivity contribution in [1.29, 1.82) is 0 Å². The summed E-state index contributed by atoms with van der Waals surface area (Å²) in [6.45, 7) is 3.24. The number of pyridine rings is 1. The van der Waals surface area contributed by atoms with Gasteiger partial charge in [0.05, 0.1) is 17.8 Å². The Labute approximate surface area is 138 Å². The lowest BCUT2D eigenvalue weighted by atomic mass is 10.1. The summed E-state index contributed by atoms with van der Waals surface area (Å²) in [6, 6.07) is 9.85. The number of aromatic nitrogens is 3. The Morgan fingerprint density at radius 2 is 1.88 bits per heavy atom. The van der Waals surface area contributed by atoms with Crippen LogP contribution in [-0.4, -0.2) is 34.8 Å². The molecule has 3 rings (SSSR count). The first-order valence-corrected chi connectivity index (χ1v) is 7.58. The van der Waals surface area contributed by atoms with Crippen molar-refractivity contribution in [3.8, 4) is 17.1 Å². The van der Waals surface area contributed by atoms with E-state index in [9.17, 15) is 4.39 Å². The van der Waals surface area contributed by atoms with Gasteiger partial charge in [-0.05, 0) is 31.2 Å². The number of fused-ring (bicyclic) bond motifs is 1. The standard InChI is InChI=1S/C17H17FN4O2/c1-2-23-9-10-24-16-15-14(21-17(19)22-16)8-7-13(20-15)11-5-3-4-6-12(11)18/h3-8H,2,9-10H2,1H3,(H2,19,21,22). The number of rotatable bonds is 6. The van der Waals surface area contributed by atoms with Crippen molar-refractivity contribution in [2.75, 3.05) is 25.6 Å². The molecule has 0 spiro atoms. The molecule has 7 heteroatoms. The number of anilines is 1. The van der Waals surface area contributed by atoms with Crippen LogP contribution in [0.25, 0.3) is 22.3 Å². The molecule has 0 bridgehead atoms. The zero-order valence-corrected chi connectivity index (χ0v) is 13.2. The van der Waals surface area contributed by atoms with Crippen LogP contribution in [0.2, 0.25) is 0 Å². The molecule has 0 amide bonds. The van der Waals surface area contributed by atoms with Crippen LogP contribution in [0.5, 0.6) is 5.88 Å². The summed E-state index contributed by atoms with van der Waals surface area (Å²) >= 11 is 0. The lowest BCUT2D eigenvalue weighted by molar-refractivity contribution is 0.109. The zero-order valence-electron chi connectivity index (χ0n) is 13.2. The van der Waals surface area contributed by atoms with Gasteiger partial charge in [-0.25, -0.2) is 14.4 Å². The second-order valence-electron chi connectivity index (χ2n) is 4.98. The van der Waals surface area contributed by atoms with Gasteiger partial charge in [0.2, 0.25) is 11.8 Å². The molecule has 0 atom stereocenters. The summed E-state index contributed by atoms with van der Waals surface area (Å²) < 4.78 is 24.8. The molecule has 1 aromatic carbocycles. The highest BCUT2D eigenvalue weighted by molar-refractivity contribution is 5.83. The second kappa shape index (κ2) is 7.18. The van der Waals surface area contributed by atoms with E-state index in [1.165, 1.54) is 6.07 Å². The van der Waals surface area contributed by atoms with Crippen LogP contribution in [0, 0.1) is 5.82 Å². The summed E-state index contributed by atoms with van der Waals surface area (Å²) in [5.41, 5.74) is 7.55. The smallest absolute Gasteiger partial charge is 0.245 e. The minimum atomic E-state index is -0.348. The molecule has 0 aliphatic carbocycles. The number of halogens is 1. The minimum Gasteiger partial charge on any atom is -0.474 e. The maximum atomic E-state index is 14.0. The zero-order chi connectivity index (χ0) is 16.9. The SMILES string of the molecule is CCOCCOc1nc(N)nc2ccc(-c3ccccc3F)nc12. The quantitative estimate of drug-likeness (QED) is 0.701. The summed E-state index contributed by atoms with van der Waals surface area (Å²) in [5, 5.41) is 0. The monoisotopic (exact) mass is 328 g/mol. The molecule has 24 heavy (non-hydrogen) atoms. The van der Waals surface area contributed by atoms with E-state index in [1.54, 1.807) is 30.3 Å². The largest absolute Gasteiger partial charge is 0.474 e. The van der Waals surface area contributed by atoms with E-state index in [-0.39, 0.29) is 17.6 Å². The van der Waals surface area contributed by atoms with Crippen LogP contribution < -0.4 is 10.5 Å². The minimum absolute atomic E-state index is 0.0920. The van der Waals surface area contributed by atoms with E-state index in [0.29, 0.717) is 42.1 Å². The van der Waals surface area contributed by atoms with E-state index < -0.39 is 0 Å². The average Bonchev–Trinajstić information content (AvgIpc) is 2.59. The number of hydrogen-bond acceptors (Lipinski definition) is 6. The number of ether oxygens (including phenoxy) is 2. The van der Waals surface area contributed by atoms with E-state index >= 15 is 0 Å². The van der Waals surface area contributed by atoms with Gasteiger partial charge >= 0.3 is 0 Å². The Kier molecular flexibility index (Phi) is 4.81. The van der Waals surface area contributed by atoms with Gasteiger partial charge in [-0.3, -0.25) is 0 Å². The third kappa shape index (κ3) is 3.41. The fourth-order valence-corrected chi connectivity index (χ4v) is 2.27. The first-order chi connectivity index (χ1) is 11.7. The van der Waals surface area contributed by atoms with Crippen LogP contribution in [-0.2, 0) is 4.74 Å². The number of hydrogen-bond donors (Lipinski definition) is 1. The second-order valence-corrected chi connectivity index (χ2v) is 4.98. The predicted octanol–water partition coefficient (Wildman–Crippen LogP) is 2.83. The first-order valence-electron chi connectivity index (χ1n) is 7.58. The molecule has 0 aliphatic rings.